The molecule has 2 aromatic carbocycles. The molecule has 2 amide bonds. The zero-order valence-corrected chi connectivity index (χ0v) is 13.2. The van der Waals surface area contributed by atoms with Crippen molar-refractivity contribution in [3.8, 4) is 0 Å². The first-order valence-corrected chi connectivity index (χ1v) is 7.40. The standard InChI is InChI=1S/C18H20F2N2O/c1-18(2,14-8-4-6-10-16(14)20)12-22-17(23)21-11-13-7-3-5-9-15(13)19/h3-10H,11-12H2,1-2H3,(H2,21,22,23). The van der Waals surface area contributed by atoms with Gasteiger partial charge in [0, 0.05) is 24.1 Å². The van der Waals surface area contributed by atoms with Gasteiger partial charge in [0.05, 0.1) is 0 Å². The molecular weight excluding hydrogens is 298 g/mol. The van der Waals surface area contributed by atoms with Gasteiger partial charge >= 0.3 is 6.03 Å². The summed E-state index contributed by atoms with van der Waals surface area (Å²) in [5, 5.41) is 5.29. The molecule has 0 fully saturated rings. The quantitative estimate of drug-likeness (QED) is 0.866. The molecule has 0 radical (unpaired) electrons. The molecule has 0 saturated carbocycles. The van der Waals surface area contributed by atoms with Crippen molar-refractivity contribution in [1.29, 1.82) is 0 Å². The average molecular weight is 318 g/mol. The topological polar surface area (TPSA) is 41.1 Å². The molecular formula is C18H20F2N2O. The number of hydrogen-bond donors (Lipinski definition) is 2. The van der Waals surface area contributed by atoms with E-state index in [4.69, 9.17) is 0 Å². The Morgan fingerprint density at radius 2 is 1.57 bits per heavy atom. The third kappa shape index (κ3) is 4.52. The van der Waals surface area contributed by atoms with Crippen LogP contribution in [0.5, 0.6) is 0 Å². The SMILES string of the molecule is CC(C)(CNC(=O)NCc1ccccc1F)c1ccccc1F. The van der Waals surface area contributed by atoms with Gasteiger partial charge in [-0.15, -0.1) is 0 Å². The maximum Gasteiger partial charge on any atom is 0.315 e. The predicted octanol–water partition coefficient (Wildman–Crippen LogP) is 3.74. The lowest BCUT2D eigenvalue weighted by atomic mass is 9.84. The van der Waals surface area contributed by atoms with E-state index in [1.807, 2.05) is 13.8 Å². The number of carbonyl (C=O) groups excluding carboxylic acids is 1. The number of carbonyl (C=O) groups is 1. The van der Waals surface area contributed by atoms with E-state index in [-0.39, 0.29) is 24.7 Å². The average Bonchev–Trinajstić information content (AvgIpc) is 2.52. The van der Waals surface area contributed by atoms with Crippen molar-refractivity contribution in [3.63, 3.8) is 0 Å². The Hall–Kier alpha value is -2.43. The number of benzene rings is 2. The molecule has 0 atom stereocenters. The molecule has 2 rings (SSSR count). The van der Waals surface area contributed by atoms with Crippen molar-refractivity contribution in [2.24, 2.45) is 0 Å². The molecule has 122 valence electrons. The van der Waals surface area contributed by atoms with Crippen LogP contribution in [0.15, 0.2) is 48.5 Å². The van der Waals surface area contributed by atoms with Crippen LogP contribution in [-0.2, 0) is 12.0 Å². The molecule has 23 heavy (non-hydrogen) atoms. The summed E-state index contributed by atoms with van der Waals surface area (Å²) in [4.78, 5) is 11.9. The maximum absolute atomic E-state index is 13.9. The van der Waals surface area contributed by atoms with Crippen LogP contribution in [0, 0.1) is 11.6 Å². The number of rotatable bonds is 5. The largest absolute Gasteiger partial charge is 0.337 e. The van der Waals surface area contributed by atoms with Crippen LogP contribution in [-0.4, -0.2) is 12.6 Å². The summed E-state index contributed by atoms with van der Waals surface area (Å²) in [5.74, 6) is -0.662. The van der Waals surface area contributed by atoms with Crippen molar-refractivity contribution in [2.75, 3.05) is 6.54 Å². The maximum atomic E-state index is 13.9. The Bertz CT molecular complexity index is 686. The smallest absolute Gasteiger partial charge is 0.315 e. The zero-order chi connectivity index (χ0) is 16.9. The minimum atomic E-state index is -0.555. The number of halogens is 2. The number of hydrogen-bond acceptors (Lipinski definition) is 1. The number of nitrogens with one attached hydrogen (secondary N) is 2. The Kier molecular flexibility index (Phi) is 5.32. The van der Waals surface area contributed by atoms with Crippen LogP contribution >= 0.6 is 0 Å². The van der Waals surface area contributed by atoms with E-state index in [9.17, 15) is 13.6 Å². The van der Waals surface area contributed by atoms with Crippen molar-refractivity contribution in [2.45, 2.75) is 25.8 Å². The normalized spacial score (nSPS) is 11.1. The Balaban J connectivity index is 1.89. The molecule has 0 aliphatic rings. The van der Waals surface area contributed by atoms with Crippen LogP contribution in [0.3, 0.4) is 0 Å². The molecule has 2 N–H and O–H groups in total. The number of urea groups is 1. The predicted molar refractivity (Wildman–Crippen MR) is 86.1 cm³/mol. The highest BCUT2D eigenvalue weighted by atomic mass is 19.1. The molecule has 0 heterocycles. The summed E-state index contributed by atoms with van der Waals surface area (Å²) in [6.45, 7) is 4.06. The summed E-state index contributed by atoms with van der Waals surface area (Å²) in [6, 6.07) is 12.3. The highest BCUT2D eigenvalue weighted by Crippen LogP contribution is 2.24. The highest BCUT2D eigenvalue weighted by molar-refractivity contribution is 5.74. The van der Waals surface area contributed by atoms with Crippen LogP contribution < -0.4 is 10.6 Å². The molecule has 2 aromatic rings. The summed E-state index contributed by atoms with van der Waals surface area (Å²) in [5.41, 5.74) is 0.395. The second kappa shape index (κ2) is 7.22. The molecule has 0 aliphatic carbocycles. The van der Waals surface area contributed by atoms with Crippen molar-refractivity contribution in [1.82, 2.24) is 10.6 Å². The van der Waals surface area contributed by atoms with Crippen molar-refractivity contribution >= 4 is 6.03 Å². The minimum absolute atomic E-state index is 0.0959. The lowest BCUT2D eigenvalue weighted by molar-refractivity contribution is 0.237. The number of amides is 2. The van der Waals surface area contributed by atoms with Crippen LogP contribution in [0.2, 0.25) is 0 Å². The van der Waals surface area contributed by atoms with Gasteiger partial charge in [-0.05, 0) is 17.7 Å². The van der Waals surface area contributed by atoms with Gasteiger partial charge in [-0.1, -0.05) is 50.2 Å². The zero-order valence-electron chi connectivity index (χ0n) is 13.2. The summed E-state index contributed by atoms with van der Waals surface area (Å²) >= 11 is 0. The minimum Gasteiger partial charge on any atom is -0.337 e. The van der Waals surface area contributed by atoms with Gasteiger partial charge in [0.2, 0.25) is 0 Å². The summed E-state index contributed by atoms with van der Waals surface area (Å²) in [6.07, 6.45) is 0. The van der Waals surface area contributed by atoms with E-state index in [1.165, 1.54) is 12.1 Å². The first-order chi connectivity index (χ1) is 10.9. The molecule has 0 unspecified atom stereocenters. The van der Waals surface area contributed by atoms with Gasteiger partial charge in [-0.3, -0.25) is 0 Å². The van der Waals surface area contributed by atoms with Gasteiger partial charge in [-0.25, -0.2) is 13.6 Å². The lowest BCUT2D eigenvalue weighted by Crippen LogP contribution is -2.42. The van der Waals surface area contributed by atoms with Gasteiger partial charge in [0.1, 0.15) is 11.6 Å². The van der Waals surface area contributed by atoms with Gasteiger partial charge < -0.3 is 10.6 Å². The van der Waals surface area contributed by atoms with Crippen LogP contribution in [0.1, 0.15) is 25.0 Å². The van der Waals surface area contributed by atoms with Crippen LogP contribution in [0.25, 0.3) is 0 Å². The second-order valence-corrected chi connectivity index (χ2v) is 5.99. The van der Waals surface area contributed by atoms with E-state index in [0.29, 0.717) is 11.1 Å². The first-order valence-electron chi connectivity index (χ1n) is 7.40. The third-order valence-corrected chi connectivity index (χ3v) is 3.69. The summed E-state index contributed by atoms with van der Waals surface area (Å²) < 4.78 is 27.3. The molecule has 5 heteroatoms. The van der Waals surface area contributed by atoms with Gasteiger partial charge in [-0.2, -0.15) is 0 Å². The van der Waals surface area contributed by atoms with E-state index < -0.39 is 11.4 Å². The molecule has 0 aliphatic heterocycles. The van der Waals surface area contributed by atoms with E-state index in [1.54, 1.807) is 36.4 Å². The van der Waals surface area contributed by atoms with Gasteiger partial charge in [0.25, 0.3) is 0 Å². The summed E-state index contributed by atoms with van der Waals surface area (Å²) in [7, 11) is 0. The Morgan fingerprint density at radius 3 is 2.22 bits per heavy atom. The van der Waals surface area contributed by atoms with Crippen molar-refractivity contribution < 1.29 is 13.6 Å². The van der Waals surface area contributed by atoms with E-state index in [2.05, 4.69) is 10.6 Å². The van der Waals surface area contributed by atoms with E-state index in [0.717, 1.165) is 0 Å². The molecule has 0 spiro atoms. The van der Waals surface area contributed by atoms with Gasteiger partial charge in [0.15, 0.2) is 0 Å². The fourth-order valence-corrected chi connectivity index (χ4v) is 2.29. The fraction of sp³-hybridized carbons (Fsp3) is 0.278. The van der Waals surface area contributed by atoms with Crippen LogP contribution in [0.4, 0.5) is 13.6 Å². The highest BCUT2D eigenvalue weighted by Gasteiger charge is 2.24. The third-order valence-electron chi connectivity index (χ3n) is 3.69. The molecule has 0 saturated heterocycles. The second-order valence-electron chi connectivity index (χ2n) is 5.99. The van der Waals surface area contributed by atoms with E-state index >= 15 is 0 Å². The Morgan fingerprint density at radius 1 is 0.957 bits per heavy atom. The first kappa shape index (κ1) is 16.9. The molecule has 3 nitrogen and oxygen atoms in total. The molecule has 0 bridgehead atoms. The monoisotopic (exact) mass is 318 g/mol. The molecule has 0 aromatic heterocycles. The lowest BCUT2D eigenvalue weighted by Gasteiger charge is -2.26. The Labute approximate surface area is 134 Å². The fourth-order valence-electron chi connectivity index (χ4n) is 2.29. The van der Waals surface area contributed by atoms with Crippen molar-refractivity contribution in [3.05, 3.63) is 71.3 Å².